The summed E-state index contributed by atoms with van der Waals surface area (Å²) in [7, 11) is 1.54. The molecule has 0 aromatic heterocycles. The molecular formula is C19H26N2O3. The Morgan fingerprint density at radius 1 is 1.33 bits per heavy atom. The lowest BCUT2D eigenvalue weighted by Gasteiger charge is -2.35. The van der Waals surface area contributed by atoms with Crippen molar-refractivity contribution in [2.24, 2.45) is 11.3 Å². The number of hydrogen-bond donors (Lipinski definition) is 0. The van der Waals surface area contributed by atoms with E-state index in [1.165, 1.54) is 0 Å². The topological polar surface area (TPSA) is 62.6 Å². The van der Waals surface area contributed by atoms with Gasteiger partial charge in [-0.3, -0.25) is 4.79 Å². The number of methoxy groups -OCH3 is 1. The Kier molecular flexibility index (Phi) is 5.71. The molecule has 5 nitrogen and oxygen atoms in total. The SMILES string of the molecule is COc1cc(OCC2CCN(C(=O)C(C)(C)C)CC2)ccc1C#N. The number of hydrogen-bond acceptors (Lipinski definition) is 4. The van der Waals surface area contributed by atoms with E-state index in [9.17, 15) is 4.79 Å². The van der Waals surface area contributed by atoms with Gasteiger partial charge in [-0.25, -0.2) is 0 Å². The number of amides is 1. The van der Waals surface area contributed by atoms with Crippen molar-refractivity contribution < 1.29 is 14.3 Å². The summed E-state index contributed by atoms with van der Waals surface area (Å²) in [5.74, 6) is 1.90. The molecule has 0 atom stereocenters. The number of ether oxygens (including phenoxy) is 2. The highest BCUT2D eigenvalue weighted by Crippen LogP contribution is 2.27. The van der Waals surface area contributed by atoms with E-state index in [-0.39, 0.29) is 11.3 Å². The molecule has 130 valence electrons. The van der Waals surface area contributed by atoms with Crippen LogP contribution in [0.4, 0.5) is 0 Å². The zero-order valence-corrected chi connectivity index (χ0v) is 15.0. The minimum absolute atomic E-state index is 0.221. The van der Waals surface area contributed by atoms with Crippen LogP contribution in [0.1, 0.15) is 39.2 Å². The number of carbonyl (C=O) groups is 1. The summed E-state index contributed by atoms with van der Waals surface area (Å²) in [4.78, 5) is 14.3. The first-order valence-electron chi connectivity index (χ1n) is 8.35. The van der Waals surface area contributed by atoms with E-state index < -0.39 is 0 Å². The number of piperidine rings is 1. The van der Waals surface area contributed by atoms with Crippen LogP contribution in [0.5, 0.6) is 11.5 Å². The van der Waals surface area contributed by atoms with E-state index in [1.54, 1.807) is 25.3 Å². The van der Waals surface area contributed by atoms with Gasteiger partial charge in [0.25, 0.3) is 0 Å². The molecule has 1 heterocycles. The second-order valence-corrected chi connectivity index (χ2v) is 7.27. The summed E-state index contributed by atoms with van der Waals surface area (Å²) in [5, 5.41) is 9.00. The van der Waals surface area contributed by atoms with Gasteiger partial charge in [0.15, 0.2) is 0 Å². The second kappa shape index (κ2) is 7.57. The van der Waals surface area contributed by atoms with Crippen LogP contribution in [-0.4, -0.2) is 37.6 Å². The molecule has 0 N–H and O–H groups in total. The maximum absolute atomic E-state index is 12.3. The predicted molar refractivity (Wildman–Crippen MR) is 92.0 cm³/mol. The fraction of sp³-hybridized carbons (Fsp3) is 0.579. The Bertz CT molecular complexity index is 620. The van der Waals surface area contributed by atoms with Gasteiger partial charge in [0.2, 0.25) is 5.91 Å². The average molecular weight is 330 g/mol. The highest BCUT2D eigenvalue weighted by atomic mass is 16.5. The van der Waals surface area contributed by atoms with Crippen molar-refractivity contribution in [3.63, 3.8) is 0 Å². The fourth-order valence-electron chi connectivity index (χ4n) is 2.84. The van der Waals surface area contributed by atoms with E-state index in [1.807, 2.05) is 25.7 Å². The Balaban J connectivity index is 1.85. The Morgan fingerprint density at radius 2 is 2.00 bits per heavy atom. The standard InChI is InChI=1S/C19H26N2O3/c1-19(2,3)18(22)21-9-7-14(8-10-21)13-24-16-6-5-15(12-20)17(11-16)23-4/h5-6,11,14H,7-10,13H2,1-4H3. The van der Waals surface area contributed by atoms with Crippen LogP contribution >= 0.6 is 0 Å². The molecule has 1 aliphatic rings. The summed E-state index contributed by atoms with van der Waals surface area (Å²) in [5.41, 5.74) is 0.182. The van der Waals surface area contributed by atoms with Crippen LogP contribution in [0, 0.1) is 22.7 Å². The second-order valence-electron chi connectivity index (χ2n) is 7.27. The summed E-state index contributed by atoms with van der Waals surface area (Å²) in [6.45, 7) is 8.09. The fourth-order valence-corrected chi connectivity index (χ4v) is 2.84. The molecule has 1 saturated heterocycles. The van der Waals surface area contributed by atoms with Crippen molar-refractivity contribution in [3.05, 3.63) is 23.8 Å². The van der Waals surface area contributed by atoms with Crippen molar-refractivity contribution in [2.45, 2.75) is 33.6 Å². The number of nitrogens with zero attached hydrogens (tertiary/aromatic N) is 2. The predicted octanol–water partition coefficient (Wildman–Crippen LogP) is 3.23. The molecular weight excluding hydrogens is 304 g/mol. The minimum atomic E-state index is -0.317. The third kappa shape index (κ3) is 4.41. The molecule has 1 aromatic rings. The Morgan fingerprint density at radius 3 is 2.54 bits per heavy atom. The van der Waals surface area contributed by atoms with E-state index in [4.69, 9.17) is 14.7 Å². The summed E-state index contributed by atoms with van der Waals surface area (Å²) in [6, 6.07) is 7.33. The number of carbonyl (C=O) groups excluding carboxylic acids is 1. The van der Waals surface area contributed by atoms with E-state index in [0.29, 0.717) is 29.6 Å². The maximum atomic E-state index is 12.3. The Hall–Kier alpha value is -2.22. The van der Waals surface area contributed by atoms with E-state index in [2.05, 4.69) is 6.07 Å². The Labute approximate surface area is 144 Å². The van der Waals surface area contributed by atoms with Crippen molar-refractivity contribution in [1.82, 2.24) is 4.90 Å². The van der Waals surface area contributed by atoms with Gasteiger partial charge >= 0.3 is 0 Å². The third-order valence-electron chi connectivity index (χ3n) is 4.32. The molecule has 0 spiro atoms. The first kappa shape index (κ1) is 18.1. The molecule has 2 rings (SSSR count). The smallest absolute Gasteiger partial charge is 0.227 e. The number of nitriles is 1. The molecule has 1 aromatic carbocycles. The molecule has 0 unspecified atom stereocenters. The summed E-state index contributed by atoms with van der Waals surface area (Å²) < 4.78 is 11.1. The van der Waals surface area contributed by atoms with Gasteiger partial charge in [-0.15, -0.1) is 0 Å². The normalized spacial score (nSPS) is 15.7. The van der Waals surface area contributed by atoms with Crippen molar-refractivity contribution in [1.29, 1.82) is 5.26 Å². The zero-order chi connectivity index (χ0) is 17.7. The van der Waals surface area contributed by atoms with Gasteiger partial charge in [0.1, 0.15) is 17.6 Å². The first-order valence-corrected chi connectivity index (χ1v) is 8.35. The van der Waals surface area contributed by atoms with Gasteiger partial charge in [-0.05, 0) is 30.9 Å². The molecule has 0 bridgehead atoms. The van der Waals surface area contributed by atoms with Gasteiger partial charge in [-0.2, -0.15) is 5.26 Å². The zero-order valence-electron chi connectivity index (χ0n) is 15.0. The van der Waals surface area contributed by atoms with Crippen LogP contribution < -0.4 is 9.47 Å². The summed E-state index contributed by atoms with van der Waals surface area (Å²) >= 11 is 0. The van der Waals surface area contributed by atoms with Crippen molar-refractivity contribution >= 4 is 5.91 Å². The van der Waals surface area contributed by atoms with Crippen LogP contribution in [0.3, 0.4) is 0 Å². The number of likely N-dealkylation sites (tertiary alicyclic amines) is 1. The number of rotatable bonds is 4. The molecule has 0 radical (unpaired) electrons. The van der Waals surface area contributed by atoms with Crippen LogP contribution in [-0.2, 0) is 4.79 Å². The quantitative estimate of drug-likeness (QED) is 0.850. The van der Waals surface area contributed by atoms with Crippen molar-refractivity contribution in [3.8, 4) is 17.6 Å². The monoisotopic (exact) mass is 330 g/mol. The first-order chi connectivity index (χ1) is 11.3. The molecule has 0 saturated carbocycles. The largest absolute Gasteiger partial charge is 0.495 e. The van der Waals surface area contributed by atoms with Gasteiger partial charge in [0, 0.05) is 24.6 Å². The van der Waals surface area contributed by atoms with Crippen LogP contribution in [0.25, 0.3) is 0 Å². The molecule has 1 amide bonds. The molecule has 24 heavy (non-hydrogen) atoms. The van der Waals surface area contributed by atoms with Gasteiger partial charge in [-0.1, -0.05) is 20.8 Å². The highest BCUT2D eigenvalue weighted by molar-refractivity contribution is 5.81. The van der Waals surface area contributed by atoms with E-state index in [0.717, 1.165) is 25.9 Å². The third-order valence-corrected chi connectivity index (χ3v) is 4.32. The molecule has 0 aliphatic carbocycles. The lowest BCUT2D eigenvalue weighted by atomic mass is 9.91. The van der Waals surface area contributed by atoms with Gasteiger partial charge in [0.05, 0.1) is 19.3 Å². The summed E-state index contributed by atoms with van der Waals surface area (Å²) in [6.07, 6.45) is 1.91. The van der Waals surface area contributed by atoms with Crippen LogP contribution in [0.2, 0.25) is 0 Å². The molecule has 1 fully saturated rings. The molecule has 5 heteroatoms. The average Bonchev–Trinajstić information content (AvgIpc) is 2.58. The van der Waals surface area contributed by atoms with Crippen LogP contribution in [0.15, 0.2) is 18.2 Å². The maximum Gasteiger partial charge on any atom is 0.227 e. The van der Waals surface area contributed by atoms with Gasteiger partial charge < -0.3 is 14.4 Å². The van der Waals surface area contributed by atoms with Crippen molar-refractivity contribution in [2.75, 3.05) is 26.8 Å². The van der Waals surface area contributed by atoms with E-state index >= 15 is 0 Å². The minimum Gasteiger partial charge on any atom is -0.495 e. The number of benzene rings is 1. The highest BCUT2D eigenvalue weighted by Gasteiger charge is 2.30. The lowest BCUT2D eigenvalue weighted by molar-refractivity contribution is -0.141. The lowest BCUT2D eigenvalue weighted by Crippen LogP contribution is -2.44. The molecule has 1 aliphatic heterocycles.